The minimum Gasteiger partial charge on any atom is -0.315 e. The molecular weight excluding hydrogens is 241 g/mol. The van der Waals surface area contributed by atoms with Crippen molar-refractivity contribution in [2.24, 2.45) is 7.05 Å². The van der Waals surface area contributed by atoms with Gasteiger partial charge in [-0.25, -0.2) is 4.39 Å². The van der Waals surface area contributed by atoms with E-state index in [9.17, 15) is 4.39 Å². The van der Waals surface area contributed by atoms with E-state index in [0.29, 0.717) is 0 Å². The van der Waals surface area contributed by atoms with Crippen LogP contribution in [0.3, 0.4) is 0 Å². The fourth-order valence-corrected chi connectivity index (χ4v) is 2.84. The standard InChI is InChI=1S/C15H18FN3/c1-11-7-14(19(2)18-11)8-15(9-17-10-15)12-3-5-13(16)6-4-12/h3-7,17H,8-10H2,1-2H3. The van der Waals surface area contributed by atoms with Gasteiger partial charge >= 0.3 is 0 Å². The Morgan fingerprint density at radius 2 is 2.00 bits per heavy atom. The van der Waals surface area contributed by atoms with Crippen LogP contribution in [-0.4, -0.2) is 22.9 Å². The molecule has 1 aromatic carbocycles. The van der Waals surface area contributed by atoms with Crippen molar-refractivity contribution < 1.29 is 4.39 Å². The number of hydrogen-bond donors (Lipinski definition) is 1. The highest BCUT2D eigenvalue weighted by Gasteiger charge is 2.39. The van der Waals surface area contributed by atoms with Gasteiger partial charge in [-0.15, -0.1) is 0 Å². The normalized spacial score (nSPS) is 17.2. The Morgan fingerprint density at radius 3 is 2.47 bits per heavy atom. The molecule has 1 fully saturated rings. The number of hydrogen-bond acceptors (Lipinski definition) is 2. The van der Waals surface area contributed by atoms with E-state index < -0.39 is 0 Å². The number of aromatic nitrogens is 2. The quantitative estimate of drug-likeness (QED) is 0.913. The van der Waals surface area contributed by atoms with Gasteiger partial charge in [-0.1, -0.05) is 12.1 Å². The van der Waals surface area contributed by atoms with E-state index in [4.69, 9.17) is 0 Å². The molecule has 1 aliphatic heterocycles. The molecule has 0 amide bonds. The van der Waals surface area contributed by atoms with Crippen LogP contribution in [0.4, 0.5) is 4.39 Å². The molecule has 0 aliphatic carbocycles. The van der Waals surface area contributed by atoms with Gasteiger partial charge in [0.1, 0.15) is 5.82 Å². The second kappa shape index (κ2) is 4.46. The second-order valence-corrected chi connectivity index (χ2v) is 5.47. The van der Waals surface area contributed by atoms with Gasteiger partial charge in [-0.2, -0.15) is 5.10 Å². The molecule has 1 aromatic heterocycles. The molecule has 0 saturated carbocycles. The van der Waals surface area contributed by atoms with Crippen molar-refractivity contribution in [1.82, 2.24) is 15.1 Å². The van der Waals surface area contributed by atoms with Crippen molar-refractivity contribution in [1.29, 1.82) is 0 Å². The molecule has 2 heterocycles. The fourth-order valence-electron chi connectivity index (χ4n) is 2.84. The Kier molecular flexibility index (Phi) is 2.90. The molecule has 0 bridgehead atoms. The first-order valence-electron chi connectivity index (χ1n) is 6.55. The van der Waals surface area contributed by atoms with Crippen LogP contribution in [0.15, 0.2) is 30.3 Å². The third-order valence-electron chi connectivity index (χ3n) is 4.00. The Labute approximate surface area is 112 Å². The third-order valence-corrected chi connectivity index (χ3v) is 4.00. The first kappa shape index (κ1) is 12.4. The Hall–Kier alpha value is -1.68. The van der Waals surface area contributed by atoms with Crippen molar-refractivity contribution in [3.8, 4) is 0 Å². The predicted octanol–water partition coefficient (Wildman–Crippen LogP) is 1.95. The summed E-state index contributed by atoms with van der Waals surface area (Å²) in [7, 11) is 1.98. The number of aryl methyl sites for hydroxylation is 2. The molecule has 3 nitrogen and oxygen atoms in total. The first-order valence-corrected chi connectivity index (χ1v) is 6.55. The van der Waals surface area contributed by atoms with E-state index in [1.165, 1.54) is 11.3 Å². The average molecular weight is 259 g/mol. The molecule has 1 N–H and O–H groups in total. The van der Waals surface area contributed by atoms with Crippen LogP contribution < -0.4 is 5.32 Å². The van der Waals surface area contributed by atoms with Crippen LogP contribution >= 0.6 is 0 Å². The Morgan fingerprint density at radius 1 is 1.32 bits per heavy atom. The number of nitrogens with zero attached hydrogens (tertiary/aromatic N) is 2. The van der Waals surface area contributed by atoms with Crippen LogP contribution in [0.1, 0.15) is 17.0 Å². The number of benzene rings is 1. The van der Waals surface area contributed by atoms with Crippen molar-refractivity contribution in [2.45, 2.75) is 18.8 Å². The van der Waals surface area contributed by atoms with Crippen LogP contribution in [-0.2, 0) is 18.9 Å². The average Bonchev–Trinajstić information content (AvgIpc) is 2.64. The molecule has 1 aliphatic rings. The van der Waals surface area contributed by atoms with Gasteiger partial charge in [0.05, 0.1) is 5.69 Å². The van der Waals surface area contributed by atoms with E-state index in [2.05, 4.69) is 16.5 Å². The maximum absolute atomic E-state index is 13.1. The zero-order chi connectivity index (χ0) is 13.5. The minimum atomic E-state index is -0.178. The number of nitrogens with one attached hydrogen (secondary N) is 1. The zero-order valence-corrected chi connectivity index (χ0v) is 11.3. The molecular formula is C15H18FN3. The molecule has 3 rings (SSSR count). The van der Waals surface area contributed by atoms with Crippen molar-refractivity contribution in [3.05, 3.63) is 53.1 Å². The van der Waals surface area contributed by atoms with E-state index in [1.807, 2.05) is 30.8 Å². The van der Waals surface area contributed by atoms with Crippen LogP contribution in [0, 0.1) is 12.7 Å². The van der Waals surface area contributed by atoms with Gasteiger partial charge in [0.2, 0.25) is 0 Å². The number of halogens is 1. The molecule has 0 spiro atoms. The molecule has 0 atom stereocenters. The summed E-state index contributed by atoms with van der Waals surface area (Å²) in [6, 6.07) is 9.02. The Bertz CT molecular complexity index is 582. The zero-order valence-electron chi connectivity index (χ0n) is 11.3. The SMILES string of the molecule is Cc1cc(CC2(c3ccc(F)cc3)CNC2)n(C)n1. The van der Waals surface area contributed by atoms with Gasteiger partial charge in [0.15, 0.2) is 0 Å². The summed E-state index contributed by atoms with van der Waals surface area (Å²) in [6.07, 6.45) is 0.934. The Balaban J connectivity index is 1.91. The smallest absolute Gasteiger partial charge is 0.123 e. The lowest BCUT2D eigenvalue weighted by atomic mass is 9.72. The fraction of sp³-hybridized carbons (Fsp3) is 0.400. The summed E-state index contributed by atoms with van der Waals surface area (Å²) in [6.45, 7) is 3.87. The summed E-state index contributed by atoms with van der Waals surface area (Å²) in [5.74, 6) is -0.178. The lowest BCUT2D eigenvalue weighted by Gasteiger charge is -2.43. The maximum Gasteiger partial charge on any atom is 0.123 e. The summed E-state index contributed by atoms with van der Waals surface area (Å²) < 4.78 is 15.0. The highest BCUT2D eigenvalue weighted by molar-refractivity contribution is 5.32. The van der Waals surface area contributed by atoms with Gasteiger partial charge in [0.25, 0.3) is 0 Å². The predicted molar refractivity (Wildman–Crippen MR) is 72.6 cm³/mol. The summed E-state index contributed by atoms with van der Waals surface area (Å²) >= 11 is 0. The summed E-state index contributed by atoms with van der Waals surface area (Å²) in [5.41, 5.74) is 3.54. The monoisotopic (exact) mass is 259 g/mol. The van der Waals surface area contributed by atoms with Gasteiger partial charge in [-0.3, -0.25) is 4.68 Å². The van der Waals surface area contributed by atoms with Crippen LogP contribution in [0.5, 0.6) is 0 Å². The van der Waals surface area contributed by atoms with E-state index in [0.717, 1.165) is 25.2 Å². The molecule has 100 valence electrons. The van der Waals surface area contributed by atoms with Crippen molar-refractivity contribution >= 4 is 0 Å². The van der Waals surface area contributed by atoms with Gasteiger partial charge in [0, 0.05) is 37.7 Å². The lowest BCUT2D eigenvalue weighted by Crippen LogP contribution is -2.58. The minimum absolute atomic E-state index is 0.0773. The van der Waals surface area contributed by atoms with Crippen molar-refractivity contribution in [3.63, 3.8) is 0 Å². The maximum atomic E-state index is 13.1. The first-order chi connectivity index (χ1) is 9.09. The number of rotatable bonds is 3. The van der Waals surface area contributed by atoms with E-state index >= 15 is 0 Å². The molecule has 4 heteroatoms. The second-order valence-electron chi connectivity index (χ2n) is 5.47. The molecule has 1 saturated heterocycles. The molecule has 0 unspecified atom stereocenters. The van der Waals surface area contributed by atoms with Crippen LogP contribution in [0.25, 0.3) is 0 Å². The lowest BCUT2D eigenvalue weighted by molar-refractivity contribution is 0.269. The van der Waals surface area contributed by atoms with Crippen molar-refractivity contribution in [2.75, 3.05) is 13.1 Å². The van der Waals surface area contributed by atoms with Gasteiger partial charge < -0.3 is 5.32 Å². The highest BCUT2D eigenvalue weighted by Crippen LogP contribution is 2.32. The summed E-state index contributed by atoms with van der Waals surface area (Å²) in [4.78, 5) is 0. The molecule has 0 radical (unpaired) electrons. The molecule has 2 aromatic rings. The molecule has 19 heavy (non-hydrogen) atoms. The summed E-state index contributed by atoms with van der Waals surface area (Å²) in [5, 5.41) is 7.74. The van der Waals surface area contributed by atoms with Gasteiger partial charge in [-0.05, 0) is 30.7 Å². The van der Waals surface area contributed by atoms with E-state index in [-0.39, 0.29) is 11.2 Å². The van der Waals surface area contributed by atoms with Crippen LogP contribution in [0.2, 0.25) is 0 Å². The topological polar surface area (TPSA) is 29.9 Å². The van der Waals surface area contributed by atoms with E-state index in [1.54, 1.807) is 12.1 Å². The highest BCUT2D eigenvalue weighted by atomic mass is 19.1. The largest absolute Gasteiger partial charge is 0.315 e. The third kappa shape index (κ3) is 2.16.